The number of halogens is 7. The molecule has 0 aliphatic heterocycles. The monoisotopic (exact) mass is 1180 g/mol. The number of hydrogen-bond donors (Lipinski definition) is 1. The normalized spacial score (nSPS) is 10.8. The Morgan fingerprint density at radius 1 is 0.671 bits per heavy atom. The van der Waals surface area contributed by atoms with Crippen molar-refractivity contribution in [1.82, 2.24) is 19.1 Å². The predicted molar refractivity (Wildman–Crippen MR) is 284 cm³/mol. The van der Waals surface area contributed by atoms with Gasteiger partial charge < -0.3 is 16.6 Å². The summed E-state index contributed by atoms with van der Waals surface area (Å²) < 4.78 is 57.4. The molecule has 374 valence electrons. The Bertz CT molecular complexity index is 3160. The number of imidazole rings is 2. The summed E-state index contributed by atoms with van der Waals surface area (Å²) >= 11 is 22.1. The topological polar surface area (TPSA) is 87.9 Å². The van der Waals surface area contributed by atoms with Crippen molar-refractivity contribution in [2.75, 3.05) is 0 Å². The van der Waals surface area contributed by atoms with Gasteiger partial charge in [-0.2, -0.15) is 0 Å². The van der Waals surface area contributed by atoms with Gasteiger partial charge in [0.1, 0.15) is 23.3 Å². The zero-order chi connectivity index (χ0) is 52.2. The molecule has 73 heavy (non-hydrogen) atoms. The number of aromatic amines is 1. The molecule has 6 aromatic carbocycles. The zero-order valence-corrected chi connectivity index (χ0v) is 53.2. The van der Waals surface area contributed by atoms with Crippen LogP contribution in [0.5, 0.6) is 0 Å². The Morgan fingerprint density at radius 3 is 1.52 bits per heavy atom. The van der Waals surface area contributed by atoms with Gasteiger partial charge in [0.15, 0.2) is 9.93 Å². The van der Waals surface area contributed by atoms with E-state index >= 15 is 0 Å². The molecule has 0 saturated heterocycles. The number of H-pyrrole nitrogens is 1. The Hall–Kier alpha value is -2.21. The molecule has 0 fully saturated rings. The third kappa shape index (κ3) is 17.4. The van der Waals surface area contributed by atoms with Gasteiger partial charge in [0.2, 0.25) is 0 Å². The van der Waals surface area contributed by atoms with Crippen LogP contribution in [0, 0.1) is 55.7 Å². The Morgan fingerprint density at radius 2 is 1.10 bits per heavy atom. The summed E-state index contributed by atoms with van der Waals surface area (Å²) in [7, 11) is 0. The molecule has 0 bridgehead atoms. The maximum absolute atomic E-state index is 13.7. The van der Waals surface area contributed by atoms with Gasteiger partial charge in [-0.3, -0.25) is 13.9 Å². The molecule has 0 radical (unpaired) electrons. The molecular formula is C55H53BrCl2F4K2N4O3S2. The number of aryl methyl sites for hydroxylation is 4. The molecule has 0 unspecified atom stereocenters. The van der Waals surface area contributed by atoms with Crippen LogP contribution < -0.4 is 108 Å². The van der Waals surface area contributed by atoms with Crippen molar-refractivity contribution < 1.29 is 137 Å². The molecule has 7 nitrogen and oxygen atoms in total. The van der Waals surface area contributed by atoms with Crippen LogP contribution in [0.25, 0.3) is 11.4 Å². The maximum atomic E-state index is 13.7. The molecule has 0 atom stereocenters. The van der Waals surface area contributed by atoms with Crippen LogP contribution in [-0.4, -0.2) is 25.6 Å². The number of aromatic nitrogens is 4. The van der Waals surface area contributed by atoms with Gasteiger partial charge >= 0.3 is 103 Å². The second-order valence-corrected chi connectivity index (χ2v) is 20.2. The van der Waals surface area contributed by atoms with Crippen molar-refractivity contribution in [1.29, 1.82) is 0 Å². The van der Waals surface area contributed by atoms with Crippen LogP contribution in [0.15, 0.2) is 139 Å². The van der Waals surface area contributed by atoms with Gasteiger partial charge in [-0.1, -0.05) is 127 Å². The van der Waals surface area contributed by atoms with Crippen LogP contribution in [-0.2, 0) is 31.6 Å². The van der Waals surface area contributed by atoms with E-state index in [1.165, 1.54) is 93.7 Å². The van der Waals surface area contributed by atoms with E-state index in [0.717, 1.165) is 39.0 Å². The van der Waals surface area contributed by atoms with E-state index in [9.17, 15) is 17.6 Å². The number of thioether (sulfide) groups is 1. The van der Waals surface area contributed by atoms with Crippen LogP contribution in [0.1, 0.15) is 85.0 Å². The maximum Gasteiger partial charge on any atom is 1.00 e. The molecule has 0 spiro atoms. The smallest absolute Gasteiger partial charge is 1.00 e. The van der Waals surface area contributed by atoms with Crippen molar-refractivity contribution in [2.24, 2.45) is 0 Å². The molecule has 0 amide bonds. The van der Waals surface area contributed by atoms with E-state index in [-0.39, 0.29) is 145 Å². The van der Waals surface area contributed by atoms with Gasteiger partial charge in [0.25, 0.3) is 6.47 Å². The van der Waals surface area contributed by atoms with Gasteiger partial charge in [0, 0.05) is 49.5 Å². The Kier molecular flexibility index (Phi) is 26.8. The van der Waals surface area contributed by atoms with E-state index in [4.69, 9.17) is 50.5 Å². The minimum atomic E-state index is -0.362. The standard InChI is InChI=1S/C27H25ClF2N2S.C20H21FN2S.C7H5BrClF.CH2O3.2K.H/c1-17-5-7-20(13-18(17)2)27(3,4)25-15-31-26(32(25)23-11-9-21(29)10-12-23)33-16-19-6-8-22(30)14-24(19)28;1-13-5-6-15(11-14(13)2)20(3,4)18-12-22-19(24)23(18)17-9-7-16(21)8-10-17;8-4-5-1-2-6(10)3-7(5)9;2-1-4-3;;;/h5-15H,16H2,1-4H3;5-12H,1-4H3,(H,22,24);1-3H,4H2;1,3H;;;/q;;;;2*+1;-1/p-1. The van der Waals surface area contributed by atoms with Gasteiger partial charge in [-0.05, 0) is 157 Å². The first-order valence-electron chi connectivity index (χ1n) is 22.0. The number of rotatable bonds is 11. The Balaban J connectivity index is 0.000000399. The first-order valence-corrected chi connectivity index (χ1v) is 25.2. The van der Waals surface area contributed by atoms with E-state index in [0.29, 0.717) is 25.9 Å². The second kappa shape index (κ2) is 30.1. The van der Waals surface area contributed by atoms with Crippen molar-refractivity contribution in [2.45, 2.75) is 82.5 Å². The third-order valence-electron chi connectivity index (χ3n) is 12.0. The average Bonchev–Trinajstić information content (AvgIpc) is 3.96. The van der Waals surface area contributed by atoms with Crippen molar-refractivity contribution in [3.8, 4) is 11.4 Å². The number of benzene rings is 6. The van der Waals surface area contributed by atoms with Crippen LogP contribution in [0.4, 0.5) is 17.6 Å². The number of carbonyl (C=O) groups excluding carboxylic acids is 1. The number of carbonyl (C=O) groups is 1. The quantitative estimate of drug-likeness (QED) is 0.0203. The summed E-state index contributed by atoms with van der Waals surface area (Å²) in [6.07, 6.45) is 3.83. The largest absolute Gasteiger partial charge is 1.00 e. The SMILES string of the molecule is Cc1ccc(C(C)(C)c2c[nH]c(=S)n2-c2ccc(F)cc2)cc1C.Cc1ccc(C(C)(C)c2cnc(SCc3ccc(F)cc3Cl)n2-c2ccc(F)cc2)cc1C.Fc1ccc(CBr)c(Cl)c1.O=CO[O-].[H-].[K+].[K+]. The van der Waals surface area contributed by atoms with Crippen LogP contribution >= 0.6 is 63.1 Å². The average molecular weight is 1190 g/mol. The second-order valence-electron chi connectivity index (χ2n) is 17.5. The van der Waals surface area contributed by atoms with Crippen LogP contribution in [0.3, 0.4) is 0 Å². The van der Waals surface area contributed by atoms with Crippen LogP contribution in [0.2, 0.25) is 10.0 Å². The molecule has 2 aromatic heterocycles. The number of alkyl halides is 1. The fraction of sp³-hybridized carbons (Fsp3) is 0.218. The molecule has 18 heteroatoms. The van der Waals surface area contributed by atoms with E-state index < -0.39 is 0 Å². The summed E-state index contributed by atoms with van der Waals surface area (Å²) in [4.78, 5) is 19.1. The summed E-state index contributed by atoms with van der Waals surface area (Å²) in [5, 5.41) is 10.7. The third-order valence-corrected chi connectivity index (χ3v) is 14.6. The molecule has 1 N–H and O–H groups in total. The van der Waals surface area contributed by atoms with Crippen molar-refractivity contribution in [3.63, 3.8) is 0 Å². The summed E-state index contributed by atoms with van der Waals surface area (Å²) in [6, 6.07) is 34.6. The molecule has 8 rings (SSSR count). The molecule has 0 aliphatic carbocycles. The summed E-state index contributed by atoms with van der Waals surface area (Å²) in [5.41, 5.74) is 12.3. The van der Waals surface area contributed by atoms with E-state index in [2.05, 4.69) is 122 Å². The first-order chi connectivity index (χ1) is 33.6. The molecule has 2 heterocycles. The first kappa shape index (κ1) is 65.1. The van der Waals surface area contributed by atoms with Crippen molar-refractivity contribution in [3.05, 3.63) is 228 Å². The van der Waals surface area contributed by atoms with Gasteiger partial charge in [-0.25, -0.2) is 22.5 Å². The summed E-state index contributed by atoms with van der Waals surface area (Å²) in [6.45, 7) is 17.0. The van der Waals surface area contributed by atoms with Crippen molar-refractivity contribution >= 4 is 69.6 Å². The fourth-order valence-electron chi connectivity index (χ4n) is 7.36. The molecule has 8 aromatic rings. The molecule has 0 saturated carbocycles. The van der Waals surface area contributed by atoms with E-state index in [1.807, 2.05) is 17.0 Å². The fourth-order valence-corrected chi connectivity index (χ4v) is 9.82. The molecule has 0 aliphatic rings. The minimum absolute atomic E-state index is 0. The number of nitrogens with one attached hydrogen (secondary N) is 1. The number of nitrogens with zero attached hydrogens (tertiary/aromatic N) is 3. The minimum Gasteiger partial charge on any atom is -1.00 e. The van der Waals surface area contributed by atoms with Gasteiger partial charge in [0.05, 0.1) is 17.6 Å². The van der Waals surface area contributed by atoms with Gasteiger partial charge in [-0.15, -0.1) is 0 Å². The number of hydrogen-bond acceptors (Lipinski definition) is 6. The summed E-state index contributed by atoms with van der Waals surface area (Å²) in [5.74, 6) is -0.675. The predicted octanol–water partition coefficient (Wildman–Crippen LogP) is 9.58. The Labute approximate surface area is 539 Å². The molecular weight excluding hydrogens is 1130 g/mol. The zero-order valence-electron chi connectivity index (χ0n) is 43.2. The van der Waals surface area contributed by atoms with E-state index in [1.54, 1.807) is 36.4 Å².